The Labute approximate surface area is 112 Å². The second-order valence-corrected chi connectivity index (χ2v) is 6.68. The topological polar surface area (TPSA) is 21.6 Å². The van der Waals surface area contributed by atoms with Crippen LogP contribution in [0.4, 0.5) is 0 Å². The van der Waals surface area contributed by atoms with E-state index in [-0.39, 0.29) is 0 Å². The Kier molecular flexibility index (Phi) is 8.46. The molecule has 0 bridgehead atoms. The molecule has 0 amide bonds. The second kappa shape index (κ2) is 9.73. The van der Waals surface area contributed by atoms with Gasteiger partial charge in [-0.1, -0.05) is 0 Å². The molecule has 0 radical (unpaired) electrons. The van der Waals surface area contributed by atoms with E-state index in [2.05, 4.69) is 13.5 Å². The van der Waals surface area contributed by atoms with Crippen molar-refractivity contribution in [1.29, 1.82) is 0 Å². The van der Waals surface area contributed by atoms with Crippen LogP contribution in [0.2, 0.25) is 5.32 Å². The van der Waals surface area contributed by atoms with Gasteiger partial charge in [-0.3, -0.25) is 0 Å². The van der Waals surface area contributed by atoms with Gasteiger partial charge < -0.3 is 0 Å². The van der Waals surface area contributed by atoms with Crippen molar-refractivity contribution in [2.45, 2.75) is 63.2 Å². The summed E-state index contributed by atoms with van der Waals surface area (Å²) >= 11 is 0.427. The normalized spacial score (nSPS) is 18.1. The number of unbranched alkanes of at least 4 members (excludes halogenated alkanes) is 1. The molecule has 0 aromatic rings. The van der Waals surface area contributed by atoms with E-state index >= 15 is 0 Å². The quantitative estimate of drug-likeness (QED) is 0.230. The Morgan fingerprint density at radius 2 is 2.18 bits per heavy atom. The molecule has 0 heterocycles. The summed E-state index contributed by atoms with van der Waals surface area (Å²) in [7, 11) is 0. The van der Waals surface area contributed by atoms with Gasteiger partial charge in [0.05, 0.1) is 0 Å². The maximum atomic E-state index is 5.70. The van der Waals surface area contributed by atoms with Crippen LogP contribution in [0.3, 0.4) is 0 Å². The first-order valence-electron chi connectivity index (χ1n) is 6.81. The molecule has 0 aromatic heterocycles. The summed E-state index contributed by atoms with van der Waals surface area (Å²) in [5.74, 6) is 0. The molecule has 3 heteroatoms. The van der Waals surface area contributed by atoms with Gasteiger partial charge in [0.2, 0.25) is 0 Å². The Balaban J connectivity index is 2.40. The summed E-state index contributed by atoms with van der Waals surface area (Å²) in [6.07, 6.45) is 10.9. The SMILES string of the molecule is C=CCOC(=NC1CCCCC1)[Se]CCCC. The van der Waals surface area contributed by atoms with Crippen LogP contribution < -0.4 is 0 Å². The molecule has 0 aromatic carbocycles. The Morgan fingerprint density at radius 1 is 1.41 bits per heavy atom. The van der Waals surface area contributed by atoms with Gasteiger partial charge in [-0.25, -0.2) is 0 Å². The van der Waals surface area contributed by atoms with Crippen molar-refractivity contribution in [3.05, 3.63) is 12.7 Å². The van der Waals surface area contributed by atoms with Crippen molar-refractivity contribution in [1.82, 2.24) is 0 Å². The average Bonchev–Trinajstić information content (AvgIpc) is 2.37. The fourth-order valence-corrected chi connectivity index (χ4v) is 3.97. The van der Waals surface area contributed by atoms with Crippen molar-refractivity contribution in [2.75, 3.05) is 6.61 Å². The van der Waals surface area contributed by atoms with Gasteiger partial charge in [0, 0.05) is 0 Å². The Bertz CT molecular complexity index is 234. The van der Waals surface area contributed by atoms with Gasteiger partial charge in [0.15, 0.2) is 0 Å². The minimum atomic E-state index is 0.427. The van der Waals surface area contributed by atoms with Gasteiger partial charge in [-0.2, -0.15) is 0 Å². The summed E-state index contributed by atoms with van der Waals surface area (Å²) in [6.45, 7) is 6.55. The predicted molar refractivity (Wildman–Crippen MR) is 75.9 cm³/mol. The van der Waals surface area contributed by atoms with Crippen molar-refractivity contribution >= 4 is 19.8 Å². The van der Waals surface area contributed by atoms with Gasteiger partial charge in [-0.05, 0) is 0 Å². The van der Waals surface area contributed by atoms with Crippen LogP contribution in [0, 0.1) is 0 Å². The van der Waals surface area contributed by atoms with E-state index in [0.717, 1.165) is 4.80 Å². The van der Waals surface area contributed by atoms with E-state index in [9.17, 15) is 0 Å². The molecular formula is C14H25NOSe. The van der Waals surface area contributed by atoms with Gasteiger partial charge in [0.25, 0.3) is 0 Å². The molecule has 1 aliphatic carbocycles. The number of hydrogen-bond donors (Lipinski definition) is 0. The van der Waals surface area contributed by atoms with E-state index < -0.39 is 0 Å². The van der Waals surface area contributed by atoms with E-state index in [4.69, 9.17) is 9.73 Å². The van der Waals surface area contributed by atoms with E-state index in [0.29, 0.717) is 27.6 Å². The molecule has 1 aliphatic rings. The van der Waals surface area contributed by atoms with Crippen LogP contribution in [0.25, 0.3) is 0 Å². The van der Waals surface area contributed by atoms with Crippen LogP contribution in [0.1, 0.15) is 51.9 Å². The molecule has 1 saturated carbocycles. The summed E-state index contributed by atoms with van der Waals surface area (Å²) in [5.41, 5.74) is 0. The number of aliphatic imine (C=N–C) groups is 1. The van der Waals surface area contributed by atoms with Crippen molar-refractivity contribution in [2.24, 2.45) is 4.99 Å². The molecule has 0 unspecified atom stereocenters. The Morgan fingerprint density at radius 3 is 2.82 bits per heavy atom. The first-order valence-corrected chi connectivity index (χ1v) is 8.88. The number of nitrogens with zero attached hydrogens (tertiary/aromatic N) is 1. The van der Waals surface area contributed by atoms with E-state index in [1.807, 2.05) is 6.08 Å². The predicted octanol–water partition coefficient (Wildman–Crippen LogP) is 3.80. The standard InChI is InChI=1S/C14H25NOSe/c1-3-5-12-17-14(16-11-4-2)15-13-9-7-6-8-10-13/h4,13H,2-3,5-12H2,1H3. The molecule has 1 fully saturated rings. The van der Waals surface area contributed by atoms with Gasteiger partial charge in [0.1, 0.15) is 0 Å². The fraction of sp³-hybridized carbons (Fsp3) is 0.786. The molecular weight excluding hydrogens is 277 g/mol. The average molecular weight is 302 g/mol. The monoisotopic (exact) mass is 303 g/mol. The molecule has 0 aliphatic heterocycles. The zero-order valence-corrected chi connectivity index (χ0v) is 12.7. The second-order valence-electron chi connectivity index (χ2n) is 4.49. The minimum absolute atomic E-state index is 0.427. The molecule has 0 atom stereocenters. The van der Waals surface area contributed by atoms with E-state index in [1.165, 1.54) is 50.3 Å². The van der Waals surface area contributed by atoms with Crippen molar-refractivity contribution in [3.63, 3.8) is 0 Å². The van der Waals surface area contributed by atoms with Crippen LogP contribution in [-0.2, 0) is 4.74 Å². The fourth-order valence-electron chi connectivity index (χ4n) is 1.91. The first-order chi connectivity index (χ1) is 8.36. The molecule has 17 heavy (non-hydrogen) atoms. The maximum absolute atomic E-state index is 5.70. The van der Waals surface area contributed by atoms with Gasteiger partial charge >= 0.3 is 112 Å². The van der Waals surface area contributed by atoms with Crippen LogP contribution in [0.5, 0.6) is 0 Å². The number of rotatable bonds is 7. The molecule has 2 nitrogen and oxygen atoms in total. The number of ether oxygens (including phenoxy) is 1. The van der Waals surface area contributed by atoms with E-state index in [1.54, 1.807) is 0 Å². The zero-order chi connectivity index (χ0) is 12.3. The summed E-state index contributed by atoms with van der Waals surface area (Å²) in [6, 6.07) is 0.534. The third-order valence-corrected chi connectivity index (χ3v) is 4.93. The molecule has 0 N–H and O–H groups in total. The molecule has 0 spiro atoms. The third kappa shape index (κ3) is 6.90. The summed E-state index contributed by atoms with van der Waals surface area (Å²) in [4.78, 5) is 5.84. The number of hydrogen-bond acceptors (Lipinski definition) is 2. The van der Waals surface area contributed by atoms with Crippen molar-refractivity contribution in [3.8, 4) is 0 Å². The van der Waals surface area contributed by atoms with Gasteiger partial charge in [-0.15, -0.1) is 0 Å². The third-order valence-electron chi connectivity index (χ3n) is 2.91. The molecule has 1 rings (SSSR count). The first kappa shape index (κ1) is 14.8. The Hall–Kier alpha value is -0.271. The molecule has 0 saturated heterocycles. The van der Waals surface area contributed by atoms with Crippen LogP contribution in [-0.4, -0.2) is 32.4 Å². The van der Waals surface area contributed by atoms with Crippen LogP contribution in [0.15, 0.2) is 17.6 Å². The van der Waals surface area contributed by atoms with Crippen molar-refractivity contribution < 1.29 is 4.74 Å². The van der Waals surface area contributed by atoms with Crippen LogP contribution >= 0.6 is 0 Å². The molecule has 98 valence electrons. The summed E-state index contributed by atoms with van der Waals surface area (Å²) < 4.78 is 5.70. The summed E-state index contributed by atoms with van der Waals surface area (Å²) in [5, 5.41) is 1.26. The zero-order valence-electron chi connectivity index (χ0n) is 11.0.